The van der Waals surface area contributed by atoms with E-state index in [4.69, 9.17) is 16.7 Å². The minimum Gasteiger partial charge on any atom is -0.478 e. The van der Waals surface area contributed by atoms with E-state index in [0.717, 1.165) is 13.0 Å². The van der Waals surface area contributed by atoms with Crippen molar-refractivity contribution in [3.8, 4) is 0 Å². The first-order valence-corrected chi connectivity index (χ1v) is 6.07. The summed E-state index contributed by atoms with van der Waals surface area (Å²) in [5, 5.41) is 9.68. The fourth-order valence-electron chi connectivity index (χ4n) is 1.70. The van der Waals surface area contributed by atoms with Crippen LogP contribution in [-0.4, -0.2) is 24.7 Å². The third-order valence-corrected chi connectivity index (χ3v) is 3.12. The average molecular weight is 256 g/mol. The van der Waals surface area contributed by atoms with Crippen LogP contribution >= 0.6 is 11.6 Å². The average Bonchev–Trinajstić information content (AvgIpc) is 2.28. The number of nitrogens with zero attached hydrogens (tertiary/aromatic N) is 1. The zero-order valence-electron chi connectivity index (χ0n) is 10.4. The maximum absolute atomic E-state index is 11.1. The van der Waals surface area contributed by atoms with Gasteiger partial charge in [0.25, 0.3) is 0 Å². The monoisotopic (exact) mass is 255 g/mol. The van der Waals surface area contributed by atoms with E-state index in [1.807, 2.05) is 11.9 Å². The highest BCUT2D eigenvalue weighted by Crippen LogP contribution is 2.25. The lowest BCUT2D eigenvalue weighted by Crippen LogP contribution is -2.25. The predicted molar refractivity (Wildman–Crippen MR) is 71.1 cm³/mol. The van der Waals surface area contributed by atoms with E-state index in [0.29, 0.717) is 22.2 Å². The number of anilines is 1. The van der Waals surface area contributed by atoms with E-state index in [1.165, 1.54) is 0 Å². The Balaban J connectivity index is 3.02. The lowest BCUT2D eigenvalue weighted by Gasteiger charge is -2.24. The Morgan fingerprint density at radius 3 is 2.71 bits per heavy atom. The number of hydrogen-bond acceptors (Lipinski definition) is 2. The van der Waals surface area contributed by atoms with Crippen molar-refractivity contribution in [2.75, 3.05) is 18.5 Å². The first kappa shape index (κ1) is 13.8. The number of carboxylic acid groups (broad SMARTS) is 1. The van der Waals surface area contributed by atoms with Crippen LogP contribution in [0.5, 0.6) is 0 Å². The number of aromatic carboxylic acids is 1. The van der Waals surface area contributed by atoms with Crippen LogP contribution in [0.2, 0.25) is 5.02 Å². The number of hydrogen-bond donors (Lipinski definition) is 1. The van der Waals surface area contributed by atoms with E-state index in [2.05, 4.69) is 13.8 Å². The summed E-state index contributed by atoms with van der Waals surface area (Å²) in [6.07, 6.45) is 1.06. The Hall–Kier alpha value is -1.22. The predicted octanol–water partition coefficient (Wildman–Crippen LogP) is 3.52. The standard InChI is InChI=1S/C13H18ClNO2/c1-4-9(2)8-15(3)12-7-10(14)5-6-11(12)13(16)17/h5-7,9H,4,8H2,1-3H3,(H,16,17). The molecule has 1 unspecified atom stereocenters. The summed E-state index contributed by atoms with van der Waals surface area (Å²) in [6.45, 7) is 5.08. The van der Waals surface area contributed by atoms with Gasteiger partial charge in [-0.1, -0.05) is 31.9 Å². The molecule has 1 N–H and O–H groups in total. The Morgan fingerprint density at radius 1 is 1.53 bits per heavy atom. The third kappa shape index (κ3) is 3.63. The van der Waals surface area contributed by atoms with E-state index < -0.39 is 5.97 Å². The largest absolute Gasteiger partial charge is 0.478 e. The summed E-state index contributed by atoms with van der Waals surface area (Å²) in [7, 11) is 1.89. The van der Waals surface area contributed by atoms with Gasteiger partial charge in [-0.15, -0.1) is 0 Å². The zero-order chi connectivity index (χ0) is 13.0. The van der Waals surface area contributed by atoms with Crippen molar-refractivity contribution in [2.45, 2.75) is 20.3 Å². The molecule has 0 aromatic heterocycles. The highest BCUT2D eigenvalue weighted by atomic mass is 35.5. The molecule has 0 heterocycles. The molecule has 0 bridgehead atoms. The zero-order valence-corrected chi connectivity index (χ0v) is 11.2. The smallest absolute Gasteiger partial charge is 0.337 e. The summed E-state index contributed by atoms with van der Waals surface area (Å²) < 4.78 is 0. The van der Waals surface area contributed by atoms with Crippen LogP contribution in [0.1, 0.15) is 30.6 Å². The molecule has 0 radical (unpaired) electrons. The molecule has 1 aromatic carbocycles. The van der Waals surface area contributed by atoms with Gasteiger partial charge in [-0.05, 0) is 24.1 Å². The van der Waals surface area contributed by atoms with Crippen molar-refractivity contribution < 1.29 is 9.90 Å². The third-order valence-electron chi connectivity index (χ3n) is 2.88. The van der Waals surface area contributed by atoms with Crippen molar-refractivity contribution >= 4 is 23.3 Å². The second-order valence-corrected chi connectivity index (χ2v) is 4.80. The van der Waals surface area contributed by atoms with E-state index in [9.17, 15) is 4.79 Å². The van der Waals surface area contributed by atoms with E-state index >= 15 is 0 Å². The van der Waals surface area contributed by atoms with Gasteiger partial charge in [0.15, 0.2) is 0 Å². The molecule has 94 valence electrons. The Morgan fingerprint density at radius 2 is 2.18 bits per heavy atom. The summed E-state index contributed by atoms with van der Waals surface area (Å²) >= 11 is 5.92. The molecule has 0 aliphatic carbocycles. The van der Waals surface area contributed by atoms with Gasteiger partial charge in [-0.25, -0.2) is 4.79 Å². The normalized spacial score (nSPS) is 12.2. The fourth-order valence-corrected chi connectivity index (χ4v) is 1.86. The SMILES string of the molecule is CCC(C)CN(C)c1cc(Cl)ccc1C(=O)O. The van der Waals surface area contributed by atoms with Gasteiger partial charge in [-0.2, -0.15) is 0 Å². The highest BCUT2D eigenvalue weighted by Gasteiger charge is 2.15. The molecule has 4 heteroatoms. The van der Waals surface area contributed by atoms with Crippen molar-refractivity contribution in [1.29, 1.82) is 0 Å². The van der Waals surface area contributed by atoms with Gasteiger partial charge in [-0.3, -0.25) is 0 Å². The summed E-state index contributed by atoms with van der Waals surface area (Å²) in [4.78, 5) is 13.1. The van der Waals surface area contributed by atoms with Gasteiger partial charge in [0, 0.05) is 18.6 Å². The van der Waals surface area contributed by atoms with Crippen LogP contribution in [0.3, 0.4) is 0 Å². The molecule has 1 aromatic rings. The van der Waals surface area contributed by atoms with Crippen LogP contribution in [0, 0.1) is 5.92 Å². The summed E-state index contributed by atoms with van der Waals surface area (Å²) in [5.41, 5.74) is 0.963. The van der Waals surface area contributed by atoms with Crippen molar-refractivity contribution in [2.24, 2.45) is 5.92 Å². The second-order valence-electron chi connectivity index (χ2n) is 4.36. The molecular weight excluding hydrogens is 238 g/mol. The Kier molecular flexibility index (Phi) is 4.82. The molecule has 1 rings (SSSR count). The van der Waals surface area contributed by atoms with E-state index in [-0.39, 0.29) is 0 Å². The van der Waals surface area contributed by atoms with Crippen molar-refractivity contribution in [3.63, 3.8) is 0 Å². The first-order chi connectivity index (χ1) is 7.95. The number of carboxylic acids is 1. The molecule has 0 aliphatic rings. The van der Waals surface area contributed by atoms with Gasteiger partial charge in [0.2, 0.25) is 0 Å². The Labute approximate surface area is 107 Å². The van der Waals surface area contributed by atoms with Crippen LogP contribution < -0.4 is 4.90 Å². The topological polar surface area (TPSA) is 40.5 Å². The minimum atomic E-state index is -0.923. The maximum Gasteiger partial charge on any atom is 0.337 e. The molecule has 0 saturated heterocycles. The van der Waals surface area contributed by atoms with Gasteiger partial charge in [0.05, 0.1) is 11.3 Å². The minimum absolute atomic E-state index is 0.292. The number of rotatable bonds is 5. The lowest BCUT2D eigenvalue weighted by atomic mass is 10.1. The number of halogens is 1. The summed E-state index contributed by atoms with van der Waals surface area (Å²) in [5.74, 6) is -0.409. The second kappa shape index (κ2) is 5.92. The van der Waals surface area contributed by atoms with Crippen LogP contribution in [0.4, 0.5) is 5.69 Å². The highest BCUT2D eigenvalue weighted by molar-refractivity contribution is 6.31. The molecule has 3 nitrogen and oxygen atoms in total. The fraction of sp³-hybridized carbons (Fsp3) is 0.462. The van der Waals surface area contributed by atoms with Gasteiger partial charge in [0.1, 0.15) is 0 Å². The molecule has 0 amide bonds. The van der Waals surface area contributed by atoms with Crippen LogP contribution in [-0.2, 0) is 0 Å². The van der Waals surface area contributed by atoms with Crippen LogP contribution in [0.15, 0.2) is 18.2 Å². The summed E-state index contributed by atoms with van der Waals surface area (Å²) in [6, 6.07) is 4.85. The lowest BCUT2D eigenvalue weighted by molar-refractivity contribution is 0.0697. The van der Waals surface area contributed by atoms with Gasteiger partial charge < -0.3 is 10.0 Å². The van der Waals surface area contributed by atoms with Crippen molar-refractivity contribution in [3.05, 3.63) is 28.8 Å². The molecule has 0 fully saturated rings. The molecule has 1 atom stereocenters. The van der Waals surface area contributed by atoms with Crippen molar-refractivity contribution in [1.82, 2.24) is 0 Å². The first-order valence-electron chi connectivity index (χ1n) is 5.69. The maximum atomic E-state index is 11.1. The molecule has 0 aliphatic heterocycles. The quantitative estimate of drug-likeness (QED) is 0.875. The number of benzene rings is 1. The number of carbonyl (C=O) groups is 1. The molecule has 0 saturated carbocycles. The van der Waals surface area contributed by atoms with Gasteiger partial charge >= 0.3 is 5.97 Å². The molecule has 0 spiro atoms. The molecular formula is C13H18ClNO2. The molecule has 17 heavy (non-hydrogen) atoms. The van der Waals surface area contributed by atoms with Crippen LogP contribution in [0.25, 0.3) is 0 Å². The van der Waals surface area contributed by atoms with E-state index in [1.54, 1.807) is 18.2 Å². The Bertz CT molecular complexity index is 406.